The second-order valence-electron chi connectivity index (χ2n) is 5.06. The van der Waals surface area contributed by atoms with Crippen LogP contribution in [-0.4, -0.2) is 35.1 Å². The maximum Gasteiger partial charge on any atom is 0.272 e. The van der Waals surface area contributed by atoms with Gasteiger partial charge in [-0.15, -0.1) is 0 Å². The van der Waals surface area contributed by atoms with Crippen molar-refractivity contribution in [1.29, 1.82) is 0 Å². The van der Waals surface area contributed by atoms with Crippen molar-refractivity contribution >= 4 is 23.0 Å². The summed E-state index contributed by atoms with van der Waals surface area (Å²) in [6.07, 6.45) is 1.75. The Kier molecular flexibility index (Phi) is 4.42. The lowest BCUT2D eigenvalue weighted by molar-refractivity contribution is -0.115. The molecule has 7 heteroatoms. The number of carbonyl (C=O) groups excluding carboxylic acids is 2. The molecule has 122 valence electrons. The molecule has 0 aliphatic rings. The topological polar surface area (TPSA) is 84.7 Å². The fourth-order valence-corrected chi connectivity index (χ4v) is 2.18. The first-order valence-corrected chi connectivity index (χ1v) is 7.32. The van der Waals surface area contributed by atoms with Gasteiger partial charge in [-0.3, -0.25) is 9.59 Å². The van der Waals surface area contributed by atoms with Gasteiger partial charge >= 0.3 is 0 Å². The first-order valence-electron chi connectivity index (χ1n) is 7.32. The molecule has 0 saturated carbocycles. The normalized spacial score (nSPS) is 10.4. The maximum atomic E-state index is 12.1. The van der Waals surface area contributed by atoms with E-state index in [2.05, 4.69) is 15.7 Å². The average Bonchev–Trinajstić information content (AvgIpc) is 3.04. The highest BCUT2D eigenvalue weighted by molar-refractivity contribution is 5.98. The Labute approximate surface area is 138 Å². The van der Waals surface area contributed by atoms with Gasteiger partial charge in [0.2, 0.25) is 5.91 Å². The molecule has 0 bridgehead atoms. The maximum absolute atomic E-state index is 12.1. The smallest absolute Gasteiger partial charge is 0.272 e. The van der Waals surface area contributed by atoms with Gasteiger partial charge in [-0.2, -0.15) is 5.10 Å². The van der Waals surface area contributed by atoms with Gasteiger partial charge < -0.3 is 15.4 Å². The molecule has 0 unspecified atom stereocenters. The number of nitrogens with one attached hydrogen (secondary N) is 2. The third-order valence-electron chi connectivity index (χ3n) is 3.39. The largest absolute Gasteiger partial charge is 0.497 e. The number of aromatic nitrogens is 2. The van der Waals surface area contributed by atoms with E-state index in [4.69, 9.17) is 4.74 Å². The zero-order valence-corrected chi connectivity index (χ0v) is 13.0. The van der Waals surface area contributed by atoms with Gasteiger partial charge in [0.25, 0.3) is 5.91 Å². The number of rotatable bonds is 5. The number of ether oxygens (including phenoxy) is 1. The van der Waals surface area contributed by atoms with Crippen LogP contribution < -0.4 is 15.4 Å². The van der Waals surface area contributed by atoms with Crippen LogP contribution in [0.2, 0.25) is 0 Å². The summed E-state index contributed by atoms with van der Waals surface area (Å²) in [6.45, 7) is -0.140. The molecule has 0 aliphatic heterocycles. The highest BCUT2D eigenvalue weighted by Crippen LogP contribution is 2.14. The van der Waals surface area contributed by atoms with Crippen molar-refractivity contribution in [2.24, 2.45) is 0 Å². The van der Waals surface area contributed by atoms with Crippen LogP contribution in [0, 0.1) is 0 Å². The van der Waals surface area contributed by atoms with Crippen LogP contribution in [0.5, 0.6) is 5.75 Å². The van der Waals surface area contributed by atoms with Crippen molar-refractivity contribution in [3.8, 4) is 5.75 Å². The Morgan fingerprint density at radius 2 is 1.96 bits per heavy atom. The van der Waals surface area contributed by atoms with E-state index in [0.29, 0.717) is 11.4 Å². The number of hydrogen-bond acceptors (Lipinski definition) is 4. The number of fused-ring (bicyclic) bond motifs is 1. The molecule has 2 aromatic heterocycles. The Balaban J connectivity index is 1.55. The fourth-order valence-electron chi connectivity index (χ4n) is 2.18. The fraction of sp³-hybridized carbons (Fsp3) is 0.118. The van der Waals surface area contributed by atoms with E-state index < -0.39 is 5.91 Å². The third-order valence-corrected chi connectivity index (χ3v) is 3.39. The molecule has 7 nitrogen and oxygen atoms in total. The Morgan fingerprint density at radius 1 is 1.17 bits per heavy atom. The van der Waals surface area contributed by atoms with E-state index in [0.717, 1.165) is 5.52 Å². The highest BCUT2D eigenvalue weighted by atomic mass is 16.5. The van der Waals surface area contributed by atoms with Crippen molar-refractivity contribution in [3.05, 3.63) is 60.4 Å². The molecule has 24 heavy (non-hydrogen) atoms. The predicted molar refractivity (Wildman–Crippen MR) is 89.1 cm³/mol. The van der Waals surface area contributed by atoms with Crippen LogP contribution in [0.1, 0.15) is 10.5 Å². The number of anilines is 1. The van der Waals surface area contributed by atoms with Gasteiger partial charge in [-0.05, 0) is 42.5 Å². The second-order valence-corrected chi connectivity index (χ2v) is 5.06. The van der Waals surface area contributed by atoms with Crippen LogP contribution in [0.15, 0.2) is 54.7 Å². The molecule has 2 N–H and O–H groups in total. The second kappa shape index (κ2) is 6.82. The molecule has 0 spiro atoms. The first-order chi connectivity index (χ1) is 11.7. The number of nitrogens with zero attached hydrogens (tertiary/aromatic N) is 2. The minimum absolute atomic E-state index is 0.140. The van der Waals surface area contributed by atoms with Crippen molar-refractivity contribution in [2.75, 3.05) is 19.0 Å². The molecule has 2 heterocycles. The minimum atomic E-state index is -0.399. The lowest BCUT2D eigenvalue weighted by Crippen LogP contribution is -2.33. The summed E-state index contributed by atoms with van der Waals surface area (Å²) in [5, 5.41) is 9.40. The molecule has 1 aromatic carbocycles. The molecule has 0 radical (unpaired) electrons. The quantitative estimate of drug-likeness (QED) is 0.748. The molecule has 3 rings (SSSR count). The van der Waals surface area contributed by atoms with E-state index in [9.17, 15) is 9.59 Å². The van der Waals surface area contributed by atoms with Gasteiger partial charge in [0, 0.05) is 11.9 Å². The van der Waals surface area contributed by atoms with Crippen LogP contribution in [0.3, 0.4) is 0 Å². The van der Waals surface area contributed by atoms with Gasteiger partial charge in [-0.25, -0.2) is 4.52 Å². The van der Waals surface area contributed by atoms with Crippen molar-refractivity contribution in [1.82, 2.24) is 14.9 Å². The molecule has 0 atom stereocenters. The number of pyridine rings is 1. The predicted octanol–water partition coefficient (Wildman–Crippen LogP) is 1.71. The van der Waals surface area contributed by atoms with E-state index in [1.54, 1.807) is 48.2 Å². The summed E-state index contributed by atoms with van der Waals surface area (Å²) in [7, 11) is 1.57. The van der Waals surface area contributed by atoms with E-state index >= 15 is 0 Å². The van der Waals surface area contributed by atoms with E-state index in [1.165, 1.54) is 0 Å². The lowest BCUT2D eigenvalue weighted by atomic mass is 10.3. The molecular formula is C17H16N4O3. The summed E-state index contributed by atoms with van der Waals surface area (Å²) >= 11 is 0. The number of amides is 2. The standard InChI is InChI=1S/C17H16N4O3/c1-24-14-7-5-12(6-8-14)19-16(22)11-18-17(23)15-10-13-4-2-3-9-21(13)20-15/h2-10H,11H2,1H3,(H,18,23)(H,19,22). The summed E-state index contributed by atoms with van der Waals surface area (Å²) in [5.41, 5.74) is 1.70. The molecule has 0 saturated heterocycles. The van der Waals surface area contributed by atoms with Gasteiger partial charge in [0.15, 0.2) is 5.69 Å². The number of hydrogen-bond donors (Lipinski definition) is 2. The van der Waals surface area contributed by atoms with Gasteiger partial charge in [-0.1, -0.05) is 6.07 Å². The molecular weight excluding hydrogens is 308 g/mol. The highest BCUT2D eigenvalue weighted by Gasteiger charge is 2.12. The zero-order chi connectivity index (χ0) is 16.9. The SMILES string of the molecule is COc1ccc(NC(=O)CNC(=O)c2cc3ccccn3n2)cc1. The Morgan fingerprint density at radius 3 is 2.67 bits per heavy atom. The summed E-state index contributed by atoms with van der Waals surface area (Å²) in [5.74, 6) is -0.0194. The monoisotopic (exact) mass is 324 g/mol. The Bertz CT molecular complexity index is 838. The third kappa shape index (κ3) is 3.52. The van der Waals surface area contributed by atoms with Crippen LogP contribution in [0.4, 0.5) is 5.69 Å². The molecule has 0 fully saturated rings. The average molecular weight is 324 g/mol. The molecule has 2 amide bonds. The molecule has 3 aromatic rings. The number of methoxy groups -OCH3 is 1. The van der Waals surface area contributed by atoms with E-state index in [1.807, 2.05) is 18.2 Å². The van der Waals surface area contributed by atoms with Crippen LogP contribution in [0.25, 0.3) is 5.52 Å². The summed E-state index contributed by atoms with van der Waals surface area (Å²) in [4.78, 5) is 24.0. The van der Waals surface area contributed by atoms with Gasteiger partial charge in [0.05, 0.1) is 19.2 Å². The van der Waals surface area contributed by atoms with Gasteiger partial charge in [0.1, 0.15) is 5.75 Å². The minimum Gasteiger partial charge on any atom is -0.497 e. The van der Waals surface area contributed by atoms with Crippen LogP contribution >= 0.6 is 0 Å². The van der Waals surface area contributed by atoms with E-state index in [-0.39, 0.29) is 18.1 Å². The number of benzene rings is 1. The number of carbonyl (C=O) groups is 2. The zero-order valence-electron chi connectivity index (χ0n) is 13.0. The Hall–Kier alpha value is -3.35. The van der Waals surface area contributed by atoms with Crippen molar-refractivity contribution < 1.29 is 14.3 Å². The lowest BCUT2D eigenvalue weighted by Gasteiger charge is -2.07. The summed E-state index contributed by atoms with van der Waals surface area (Å²) in [6, 6.07) is 14.1. The molecule has 0 aliphatic carbocycles. The van der Waals surface area contributed by atoms with Crippen molar-refractivity contribution in [2.45, 2.75) is 0 Å². The van der Waals surface area contributed by atoms with Crippen molar-refractivity contribution in [3.63, 3.8) is 0 Å². The van der Waals surface area contributed by atoms with Crippen LogP contribution in [-0.2, 0) is 4.79 Å². The first kappa shape index (κ1) is 15.5. The summed E-state index contributed by atoms with van der Waals surface area (Å²) < 4.78 is 6.65.